The van der Waals surface area contributed by atoms with Crippen LogP contribution in [0, 0.1) is 11.3 Å². The van der Waals surface area contributed by atoms with Gasteiger partial charge in [-0.15, -0.1) is 0 Å². The molecule has 0 aliphatic rings. The number of carbonyl (C=O) groups excluding carboxylic acids is 1. The van der Waals surface area contributed by atoms with E-state index in [0.29, 0.717) is 22.6 Å². The fraction of sp³-hybridized carbons (Fsp3) is 0.143. The minimum absolute atomic E-state index is 0.0586. The predicted molar refractivity (Wildman–Crippen MR) is 73.7 cm³/mol. The van der Waals surface area contributed by atoms with Gasteiger partial charge < -0.3 is 4.74 Å². The zero-order valence-corrected chi connectivity index (χ0v) is 11.4. The first-order valence-electron chi connectivity index (χ1n) is 5.71. The van der Waals surface area contributed by atoms with E-state index in [2.05, 4.69) is 16.0 Å². The Labute approximate surface area is 120 Å². The molecule has 0 N–H and O–H groups in total. The number of methoxy groups -OCH3 is 1. The van der Waals surface area contributed by atoms with Crippen LogP contribution in [0.4, 0.5) is 0 Å². The van der Waals surface area contributed by atoms with Crippen molar-refractivity contribution < 1.29 is 9.53 Å². The van der Waals surface area contributed by atoms with Gasteiger partial charge in [0.25, 0.3) is 0 Å². The number of rotatable bonds is 4. The van der Waals surface area contributed by atoms with Crippen molar-refractivity contribution in [2.24, 2.45) is 0 Å². The molecule has 0 aliphatic carbocycles. The van der Waals surface area contributed by atoms with E-state index < -0.39 is 0 Å². The van der Waals surface area contributed by atoms with Gasteiger partial charge in [-0.2, -0.15) is 5.26 Å². The number of ether oxygens (including phenoxy) is 1. The molecule has 20 heavy (non-hydrogen) atoms. The Kier molecular flexibility index (Phi) is 4.28. The summed E-state index contributed by atoms with van der Waals surface area (Å²) >= 11 is 5.80. The second-order valence-electron chi connectivity index (χ2n) is 3.93. The number of nitriles is 1. The summed E-state index contributed by atoms with van der Waals surface area (Å²) in [5.41, 5.74) is 2.22. The van der Waals surface area contributed by atoms with Gasteiger partial charge in [0.05, 0.1) is 25.8 Å². The molecular weight excluding hydrogens is 278 g/mol. The first kappa shape index (κ1) is 14.0. The van der Waals surface area contributed by atoms with Crippen molar-refractivity contribution >= 4 is 17.9 Å². The number of hydrogen-bond acceptors (Lipinski definition) is 5. The molecule has 6 heteroatoms. The number of hydrogen-bond donors (Lipinski definition) is 0. The van der Waals surface area contributed by atoms with Gasteiger partial charge in [0.2, 0.25) is 5.28 Å². The highest BCUT2D eigenvalue weighted by Crippen LogP contribution is 2.31. The van der Waals surface area contributed by atoms with Crippen LogP contribution < -0.4 is 4.74 Å². The summed E-state index contributed by atoms with van der Waals surface area (Å²) in [6.45, 7) is 0. The summed E-state index contributed by atoms with van der Waals surface area (Å²) in [6, 6.07) is 7.16. The molecule has 5 nitrogen and oxygen atoms in total. The van der Waals surface area contributed by atoms with Gasteiger partial charge in [-0.1, -0.05) is 12.1 Å². The molecule has 0 saturated heterocycles. The summed E-state index contributed by atoms with van der Waals surface area (Å²) < 4.78 is 5.19. The Bertz CT molecular complexity index is 695. The highest BCUT2D eigenvalue weighted by molar-refractivity contribution is 6.28. The van der Waals surface area contributed by atoms with Crippen molar-refractivity contribution in [3.63, 3.8) is 0 Å². The number of carbonyl (C=O) groups is 1. The van der Waals surface area contributed by atoms with E-state index in [-0.39, 0.29) is 11.7 Å². The van der Waals surface area contributed by atoms with Crippen LogP contribution in [0.1, 0.15) is 15.9 Å². The number of nitrogens with zero attached hydrogens (tertiary/aromatic N) is 3. The van der Waals surface area contributed by atoms with E-state index in [1.807, 2.05) is 0 Å². The van der Waals surface area contributed by atoms with Crippen LogP contribution in [-0.4, -0.2) is 23.4 Å². The highest BCUT2D eigenvalue weighted by atomic mass is 35.5. The van der Waals surface area contributed by atoms with Crippen LogP contribution in [0.25, 0.3) is 11.3 Å². The molecular formula is C14H10ClN3O2. The lowest BCUT2D eigenvalue weighted by atomic mass is 10.00. The fourth-order valence-electron chi connectivity index (χ4n) is 1.80. The molecule has 0 fully saturated rings. The zero-order valence-electron chi connectivity index (χ0n) is 10.6. The topological polar surface area (TPSA) is 75.9 Å². The van der Waals surface area contributed by atoms with Crippen molar-refractivity contribution in [3.8, 4) is 23.1 Å². The van der Waals surface area contributed by atoms with Gasteiger partial charge in [0, 0.05) is 11.1 Å². The number of aldehydes is 1. The highest BCUT2D eigenvalue weighted by Gasteiger charge is 2.14. The van der Waals surface area contributed by atoms with Crippen molar-refractivity contribution in [2.45, 2.75) is 6.42 Å². The van der Waals surface area contributed by atoms with Gasteiger partial charge in [-0.25, -0.2) is 9.97 Å². The molecule has 1 heterocycles. The van der Waals surface area contributed by atoms with E-state index in [0.717, 1.165) is 11.8 Å². The lowest BCUT2D eigenvalue weighted by Gasteiger charge is -2.10. The Hall–Kier alpha value is -2.45. The zero-order chi connectivity index (χ0) is 14.5. The average molecular weight is 288 g/mol. The van der Waals surface area contributed by atoms with Crippen molar-refractivity contribution in [1.82, 2.24) is 9.97 Å². The summed E-state index contributed by atoms with van der Waals surface area (Å²) in [4.78, 5) is 19.1. The van der Waals surface area contributed by atoms with E-state index in [9.17, 15) is 4.79 Å². The van der Waals surface area contributed by atoms with Gasteiger partial charge in [0.15, 0.2) is 12.0 Å². The lowest BCUT2D eigenvalue weighted by Crippen LogP contribution is -1.98. The molecule has 0 spiro atoms. The smallest absolute Gasteiger partial charge is 0.223 e. The first-order valence-corrected chi connectivity index (χ1v) is 6.09. The minimum atomic E-state index is 0.0586. The monoisotopic (exact) mass is 287 g/mol. The van der Waals surface area contributed by atoms with Crippen LogP contribution in [-0.2, 0) is 6.42 Å². The number of halogens is 1. The molecule has 2 aromatic rings. The van der Waals surface area contributed by atoms with Crippen LogP contribution in [0.15, 0.2) is 24.4 Å². The molecule has 1 aromatic heterocycles. The third kappa shape index (κ3) is 2.76. The van der Waals surface area contributed by atoms with Crippen LogP contribution in [0.5, 0.6) is 5.75 Å². The van der Waals surface area contributed by atoms with Gasteiger partial charge in [-0.3, -0.25) is 4.79 Å². The Morgan fingerprint density at radius 3 is 2.95 bits per heavy atom. The quantitative estimate of drug-likeness (QED) is 0.638. The first-order chi connectivity index (χ1) is 9.69. The summed E-state index contributed by atoms with van der Waals surface area (Å²) in [7, 11) is 1.48. The minimum Gasteiger partial charge on any atom is -0.493 e. The molecule has 0 radical (unpaired) electrons. The maximum Gasteiger partial charge on any atom is 0.223 e. The molecule has 0 aliphatic heterocycles. The summed E-state index contributed by atoms with van der Waals surface area (Å²) in [5.74, 6) is 0.409. The van der Waals surface area contributed by atoms with Crippen molar-refractivity contribution in [2.75, 3.05) is 7.11 Å². The van der Waals surface area contributed by atoms with E-state index in [1.54, 1.807) is 18.2 Å². The van der Waals surface area contributed by atoms with E-state index in [4.69, 9.17) is 21.6 Å². The molecule has 0 bridgehead atoms. The normalized spacial score (nSPS) is 9.85. The molecule has 1 aromatic carbocycles. The predicted octanol–water partition coefficient (Wildman–Crippen LogP) is 2.68. The average Bonchev–Trinajstić information content (AvgIpc) is 2.47. The molecule has 0 amide bonds. The third-order valence-electron chi connectivity index (χ3n) is 2.73. The molecule has 0 unspecified atom stereocenters. The van der Waals surface area contributed by atoms with Crippen molar-refractivity contribution in [1.29, 1.82) is 5.26 Å². The third-order valence-corrected chi connectivity index (χ3v) is 2.91. The molecule has 0 atom stereocenters. The second kappa shape index (κ2) is 6.13. The Morgan fingerprint density at radius 1 is 1.50 bits per heavy atom. The standard InChI is InChI=1S/C14H10ClN3O2/c1-20-12-7-17-14(15)18-13(12)11-6-9(4-5-16)2-3-10(11)8-19/h2-3,6-8H,4H2,1H3. The summed E-state index contributed by atoms with van der Waals surface area (Å²) in [6.07, 6.45) is 2.41. The molecule has 100 valence electrons. The second-order valence-corrected chi connectivity index (χ2v) is 4.27. The van der Waals surface area contributed by atoms with E-state index >= 15 is 0 Å². The maximum atomic E-state index is 11.2. The maximum absolute atomic E-state index is 11.2. The number of benzene rings is 1. The van der Waals surface area contributed by atoms with Crippen LogP contribution >= 0.6 is 11.6 Å². The molecule has 0 saturated carbocycles. The van der Waals surface area contributed by atoms with Crippen LogP contribution in [0.2, 0.25) is 5.28 Å². The number of aromatic nitrogens is 2. The lowest BCUT2D eigenvalue weighted by molar-refractivity contribution is 0.112. The SMILES string of the molecule is COc1cnc(Cl)nc1-c1cc(CC#N)ccc1C=O. The van der Waals surface area contributed by atoms with Crippen molar-refractivity contribution in [3.05, 3.63) is 40.8 Å². The largest absolute Gasteiger partial charge is 0.493 e. The van der Waals surface area contributed by atoms with E-state index in [1.165, 1.54) is 13.3 Å². The van der Waals surface area contributed by atoms with Gasteiger partial charge in [0.1, 0.15) is 5.69 Å². The van der Waals surface area contributed by atoms with Gasteiger partial charge >= 0.3 is 0 Å². The summed E-state index contributed by atoms with van der Waals surface area (Å²) in [5, 5.41) is 8.82. The van der Waals surface area contributed by atoms with Crippen LogP contribution in [0.3, 0.4) is 0 Å². The van der Waals surface area contributed by atoms with Gasteiger partial charge in [-0.05, 0) is 23.2 Å². The Morgan fingerprint density at radius 2 is 2.30 bits per heavy atom. The molecule has 2 rings (SSSR count). The fourth-order valence-corrected chi connectivity index (χ4v) is 1.94. The Balaban J connectivity index is 2.66.